The van der Waals surface area contributed by atoms with Crippen molar-refractivity contribution < 1.29 is 14.3 Å². The third-order valence-corrected chi connectivity index (χ3v) is 12.8. The third kappa shape index (κ3) is 5.30. The SMILES string of the molecule is COC(=O)c1c(Br)csc1NC(=S)[C@H](C)CC(C)(C)[Si](O)(c1ccccc1)c1ccccc1. The van der Waals surface area contributed by atoms with Crippen LogP contribution in [0, 0.1) is 5.92 Å². The van der Waals surface area contributed by atoms with Gasteiger partial charge in [0, 0.05) is 15.8 Å². The molecule has 33 heavy (non-hydrogen) atoms. The van der Waals surface area contributed by atoms with Crippen LogP contribution in [0.2, 0.25) is 5.04 Å². The Bertz CT molecular complexity index is 1080. The first-order valence-corrected chi connectivity index (χ1v) is 14.6. The molecule has 0 aliphatic carbocycles. The van der Waals surface area contributed by atoms with E-state index in [2.05, 4.69) is 42.0 Å². The predicted molar refractivity (Wildman–Crippen MR) is 148 cm³/mol. The largest absolute Gasteiger partial charge is 0.465 e. The second-order valence-electron chi connectivity index (χ2n) is 8.70. The highest BCUT2D eigenvalue weighted by Gasteiger charge is 2.50. The van der Waals surface area contributed by atoms with E-state index in [9.17, 15) is 9.59 Å². The molecule has 2 aromatic carbocycles. The minimum Gasteiger partial charge on any atom is -0.465 e. The van der Waals surface area contributed by atoms with Gasteiger partial charge in [-0.3, -0.25) is 0 Å². The summed E-state index contributed by atoms with van der Waals surface area (Å²) in [4.78, 5) is 25.2. The van der Waals surface area contributed by atoms with Gasteiger partial charge in [0.2, 0.25) is 0 Å². The van der Waals surface area contributed by atoms with E-state index in [4.69, 9.17) is 17.0 Å². The summed E-state index contributed by atoms with van der Waals surface area (Å²) in [6.07, 6.45) is 0.672. The summed E-state index contributed by atoms with van der Waals surface area (Å²) in [7, 11) is -1.77. The Balaban J connectivity index is 1.89. The Morgan fingerprint density at radius 2 is 1.67 bits per heavy atom. The molecule has 0 aliphatic rings. The molecule has 0 amide bonds. The zero-order chi connectivity index (χ0) is 24.2. The fourth-order valence-corrected chi connectivity index (χ4v) is 9.96. The number of thiocarbonyl (C=S) groups is 1. The number of esters is 1. The lowest BCUT2D eigenvalue weighted by Gasteiger charge is -2.42. The number of anilines is 1. The number of carbonyl (C=O) groups is 1. The summed E-state index contributed by atoms with van der Waals surface area (Å²) in [5.41, 5.74) is 0.441. The molecule has 0 bridgehead atoms. The van der Waals surface area contributed by atoms with Crippen molar-refractivity contribution in [1.82, 2.24) is 0 Å². The Kier molecular flexibility index (Phi) is 8.29. The van der Waals surface area contributed by atoms with Gasteiger partial charge in [-0.1, -0.05) is 93.7 Å². The number of ether oxygens (including phenoxy) is 1. The van der Waals surface area contributed by atoms with E-state index in [-0.39, 0.29) is 5.92 Å². The Labute approximate surface area is 214 Å². The van der Waals surface area contributed by atoms with E-state index >= 15 is 0 Å². The monoisotopic (exact) mass is 561 g/mol. The van der Waals surface area contributed by atoms with E-state index in [1.54, 1.807) is 0 Å². The van der Waals surface area contributed by atoms with Gasteiger partial charge in [-0.05, 0) is 37.8 Å². The average molecular weight is 563 g/mol. The normalized spacial score (nSPS) is 12.8. The summed E-state index contributed by atoms with van der Waals surface area (Å²) in [6.45, 7) is 6.31. The van der Waals surface area contributed by atoms with E-state index in [0.29, 0.717) is 26.4 Å². The fraction of sp³-hybridized carbons (Fsp3) is 0.280. The van der Waals surface area contributed by atoms with E-state index in [0.717, 1.165) is 10.4 Å². The van der Waals surface area contributed by atoms with Crippen LogP contribution in [0.5, 0.6) is 0 Å². The van der Waals surface area contributed by atoms with Gasteiger partial charge in [0.25, 0.3) is 8.32 Å². The zero-order valence-electron chi connectivity index (χ0n) is 19.1. The van der Waals surface area contributed by atoms with E-state index < -0.39 is 19.3 Å². The standard InChI is InChI=1S/C25H28BrNO3S2Si/c1-17(22(31)27-23-21(24(28)30-4)20(26)16-32-23)15-25(2,3)33(29,18-11-7-5-8-12-18)19-13-9-6-10-14-19/h5-14,16-17,29H,15H2,1-4H3,(H,27,31)/t17-/m1/s1. The number of nitrogens with one attached hydrogen (secondary N) is 1. The van der Waals surface area contributed by atoms with Gasteiger partial charge in [0.1, 0.15) is 10.6 Å². The molecule has 8 heteroatoms. The van der Waals surface area contributed by atoms with Crippen LogP contribution in [0.4, 0.5) is 5.00 Å². The number of hydrogen-bond acceptors (Lipinski definition) is 5. The summed E-state index contributed by atoms with van der Waals surface area (Å²) in [6, 6.07) is 19.9. The Morgan fingerprint density at radius 1 is 1.15 bits per heavy atom. The summed E-state index contributed by atoms with van der Waals surface area (Å²) < 4.78 is 5.58. The number of halogens is 1. The molecule has 3 aromatic rings. The van der Waals surface area contributed by atoms with Crippen molar-refractivity contribution in [1.29, 1.82) is 0 Å². The van der Waals surface area contributed by atoms with Crippen LogP contribution in [0.15, 0.2) is 70.5 Å². The number of thiophene rings is 1. The van der Waals surface area contributed by atoms with Crippen molar-refractivity contribution in [2.45, 2.75) is 32.2 Å². The summed E-state index contributed by atoms with van der Waals surface area (Å²) in [5, 5.41) is 7.26. The number of carbonyl (C=O) groups excluding carboxylic acids is 1. The van der Waals surface area contributed by atoms with Crippen LogP contribution in [0.1, 0.15) is 37.6 Å². The maximum Gasteiger partial charge on any atom is 0.342 e. The minimum absolute atomic E-state index is 0.0344. The van der Waals surface area contributed by atoms with Crippen molar-refractivity contribution in [3.8, 4) is 0 Å². The smallest absolute Gasteiger partial charge is 0.342 e. The number of methoxy groups -OCH3 is 1. The zero-order valence-corrected chi connectivity index (χ0v) is 23.3. The quantitative estimate of drug-likeness (QED) is 0.213. The summed E-state index contributed by atoms with van der Waals surface area (Å²) >= 11 is 10.5. The Hall–Kier alpha value is -1.84. The number of hydrogen-bond donors (Lipinski definition) is 2. The van der Waals surface area contributed by atoms with Crippen LogP contribution < -0.4 is 15.7 Å². The molecule has 1 aromatic heterocycles. The fourth-order valence-electron chi connectivity index (χ4n) is 4.27. The topological polar surface area (TPSA) is 58.6 Å². The molecule has 0 saturated heterocycles. The van der Waals surface area contributed by atoms with Gasteiger partial charge in [-0.2, -0.15) is 0 Å². The van der Waals surface area contributed by atoms with Crippen LogP contribution in [0.3, 0.4) is 0 Å². The van der Waals surface area contributed by atoms with Gasteiger partial charge in [0.05, 0.1) is 12.1 Å². The van der Waals surface area contributed by atoms with Gasteiger partial charge >= 0.3 is 5.97 Å². The molecule has 4 nitrogen and oxygen atoms in total. The van der Waals surface area contributed by atoms with Gasteiger partial charge in [-0.25, -0.2) is 4.79 Å². The average Bonchev–Trinajstić information content (AvgIpc) is 3.18. The highest BCUT2D eigenvalue weighted by Crippen LogP contribution is 2.42. The van der Waals surface area contributed by atoms with Crippen LogP contribution in [0.25, 0.3) is 0 Å². The molecular weight excluding hydrogens is 534 g/mol. The van der Waals surface area contributed by atoms with Crippen LogP contribution in [-0.2, 0) is 4.74 Å². The first-order chi connectivity index (χ1) is 15.6. The first-order valence-electron chi connectivity index (χ1n) is 10.6. The van der Waals surface area contributed by atoms with E-state index in [1.807, 2.05) is 66.0 Å². The van der Waals surface area contributed by atoms with Crippen molar-refractivity contribution in [2.75, 3.05) is 12.4 Å². The van der Waals surface area contributed by atoms with Crippen molar-refractivity contribution in [3.05, 3.63) is 76.1 Å². The predicted octanol–water partition coefficient (Wildman–Crippen LogP) is 5.60. The van der Waals surface area contributed by atoms with Gasteiger partial charge in [-0.15, -0.1) is 11.3 Å². The van der Waals surface area contributed by atoms with Gasteiger partial charge < -0.3 is 14.8 Å². The van der Waals surface area contributed by atoms with Crippen molar-refractivity contribution in [3.63, 3.8) is 0 Å². The van der Waals surface area contributed by atoms with Crippen LogP contribution >= 0.6 is 39.5 Å². The third-order valence-electron chi connectivity index (χ3n) is 6.00. The molecule has 3 rings (SSSR count). The maximum atomic E-state index is 12.4. The van der Waals surface area contributed by atoms with Crippen molar-refractivity contribution in [2.24, 2.45) is 5.92 Å². The summed E-state index contributed by atoms with van der Waals surface area (Å²) in [5.74, 6) is -0.454. The minimum atomic E-state index is -3.13. The molecule has 0 fully saturated rings. The maximum absolute atomic E-state index is 12.4. The lowest BCUT2D eigenvalue weighted by atomic mass is 9.97. The molecule has 1 atom stereocenters. The second kappa shape index (κ2) is 10.6. The molecule has 0 unspecified atom stereocenters. The van der Waals surface area contributed by atoms with E-state index in [1.165, 1.54) is 18.4 Å². The molecule has 174 valence electrons. The molecule has 1 heterocycles. The van der Waals surface area contributed by atoms with Gasteiger partial charge in [0.15, 0.2) is 0 Å². The number of rotatable bonds is 8. The molecule has 0 radical (unpaired) electrons. The molecular formula is C25H28BrNO3S2Si. The highest BCUT2D eigenvalue weighted by molar-refractivity contribution is 9.10. The lowest BCUT2D eigenvalue weighted by molar-refractivity contribution is 0.0601. The number of benzene rings is 2. The van der Waals surface area contributed by atoms with Crippen LogP contribution in [-0.4, -0.2) is 31.2 Å². The second-order valence-corrected chi connectivity index (χ2v) is 14.8. The first kappa shape index (κ1) is 25.8. The molecule has 2 N–H and O–H groups in total. The Morgan fingerprint density at radius 3 is 2.15 bits per heavy atom. The van der Waals surface area contributed by atoms with Crippen molar-refractivity contribution >= 4 is 74.1 Å². The lowest BCUT2D eigenvalue weighted by Crippen LogP contribution is -2.65. The molecule has 0 aliphatic heterocycles. The highest BCUT2D eigenvalue weighted by atomic mass is 79.9. The molecule has 0 saturated carbocycles. The molecule has 0 spiro atoms.